The van der Waals surface area contributed by atoms with Crippen LogP contribution in [-0.2, 0) is 20.9 Å². The highest BCUT2D eigenvalue weighted by molar-refractivity contribution is 6.30. The summed E-state index contributed by atoms with van der Waals surface area (Å²) >= 11 is 5.89. The van der Waals surface area contributed by atoms with E-state index in [4.69, 9.17) is 16.3 Å². The van der Waals surface area contributed by atoms with E-state index in [-0.39, 0.29) is 30.7 Å². The van der Waals surface area contributed by atoms with Gasteiger partial charge in [0, 0.05) is 35.9 Å². The number of hydrogen-bond donors (Lipinski definition) is 2. The fourth-order valence-corrected chi connectivity index (χ4v) is 4.31. The van der Waals surface area contributed by atoms with E-state index in [0.29, 0.717) is 29.5 Å². The van der Waals surface area contributed by atoms with Gasteiger partial charge < -0.3 is 20.3 Å². The molecule has 3 amide bonds. The van der Waals surface area contributed by atoms with Gasteiger partial charge in [0.15, 0.2) is 6.61 Å². The number of nitrogens with zero attached hydrogens (tertiary/aromatic N) is 1. The lowest BCUT2D eigenvalue weighted by atomic mass is 10.1. The van der Waals surface area contributed by atoms with Crippen LogP contribution in [0, 0.1) is 19.8 Å². The number of ether oxygens (including phenoxy) is 1. The molecule has 1 aliphatic heterocycles. The number of amides is 3. The molecule has 3 aromatic carbocycles. The lowest BCUT2D eigenvalue weighted by Crippen LogP contribution is -2.32. The van der Waals surface area contributed by atoms with E-state index in [0.717, 1.165) is 22.4 Å². The summed E-state index contributed by atoms with van der Waals surface area (Å²) < 4.78 is 5.60. The molecule has 1 heterocycles. The Morgan fingerprint density at radius 1 is 1.00 bits per heavy atom. The average molecular weight is 506 g/mol. The van der Waals surface area contributed by atoms with Gasteiger partial charge in [-0.05, 0) is 79.1 Å². The molecule has 0 saturated carbocycles. The van der Waals surface area contributed by atoms with Crippen molar-refractivity contribution in [2.75, 3.05) is 23.4 Å². The summed E-state index contributed by atoms with van der Waals surface area (Å²) in [6.45, 7) is 4.50. The first-order valence-corrected chi connectivity index (χ1v) is 12.1. The van der Waals surface area contributed by atoms with Crippen LogP contribution in [0.25, 0.3) is 0 Å². The standard InChI is InChI=1S/C28H28ClN3O4/c1-18-11-19(2)13-23(12-18)31-26(33)17-36-25-9-7-24(8-10-25)32-16-21(14-27(32)34)28(35)30-15-20-3-5-22(29)6-4-20/h3-13,21H,14-17H2,1-2H3,(H,30,35)(H,31,33)/t21-/m1/s1. The number of carbonyl (C=O) groups excluding carboxylic acids is 3. The number of rotatable bonds is 8. The Balaban J connectivity index is 1.27. The zero-order valence-corrected chi connectivity index (χ0v) is 21.0. The minimum absolute atomic E-state index is 0.108. The highest BCUT2D eigenvalue weighted by Crippen LogP contribution is 2.27. The molecule has 3 aromatic rings. The second-order valence-electron chi connectivity index (χ2n) is 8.96. The zero-order chi connectivity index (χ0) is 25.7. The quantitative estimate of drug-likeness (QED) is 0.466. The first kappa shape index (κ1) is 25.3. The van der Waals surface area contributed by atoms with Gasteiger partial charge >= 0.3 is 0 Å². The fourth-order valence-electron chi connectivity index (χ4n) is 4.18. The Morgan fingerprint density at radius 2 is 1.67 bits per heavy atom. The number of aryl methyl sites for hydroxylation is 2. The second-order valence-corrected chi connectivity index (χ2v) is 9.39. The molecule has 0 spiro atoms. The molecule has 0 unspecified atom stereocenters. The first-order chi connectivity index (χ1) is 17.3. The van der Waals surface area contributed by atoms with Crippen LogP contribution in [0.2, 0.25) is 5.02 Å². The van der Waals surface area contributed by atoms with Crippen LogP contribution in [0.1, 0.15) is 23.1 Å². The van der Waals surface area contributed by atoms with Gasteiger partial charge in [0.2, 0.25) is 11.8 Å². The van der Waals surface area contributed by atoms with Crippen LogP contribution in [0.4, 0.5) is 11.4 Å². The molecule has 0 bridgehead atoms. The normalized spacial score (nSPS) is 15.0. The summed E-state index contributed by atoms with van der Waals surface area (Å²) in [5, 5.41) is 6.37. The Kier molecular flexibility index (Phi) is 7.90. The van der Waals surface area contributed by atoms with Gasteiger partial charge in [0.1, 0.15) is 5.75 Å². The predicted octanol–water partition coefficient (Wildman–Crippen LogP) is 4.64. The van der Waals surface area contributed by atoms with E-state index in [9.17, 15) is 14.4 Å². The first-order valence-electron chi connectivity index (χ1n) is 11.7. The van der Waals surface area contributed by atoms with Gasteiger partial charge in [0.05, 0.1) is 5.92 Å². The summed E-state index contributed by atoms with van der Waals surface area (Å²) in [6, 6.07) is 20.0. The number of nitrogens with one attached hydrogen (secondary N) is 2. The molecule has 1 saturated heterocycles. The van der Waals surface area contributed by atoms with Gasteiger partial charge in [-0.25, -0.2) is 0 Å². The molecule has 1 atom stereocenters. The minimum atomic E-state index is -0.422. The van der Waals surface area contributed by atoms with Crippen LogP contribution in [0.15, 0.2) is 66.7 Å². The maximum absolute atomic E-state index is 12.6. The third-order valence-corrected chi connectivity index (χ3v) is 6.15. The van der Waals surface area contributed by atoms with Crippen molar-refractivity contribution in [2.45, 2.75) is 26.8 Å². The lowest BCUT2D eigenvalue weighted by Gasteiger charge is -2.17. The lowest BCUT2D eigenvalue weighted by molar-refractivity contribution is -0.126. The summed E-state index contributed by atoms with van der Waals surface area (Å²) in [5.41, 5.74) is 4.49. The fraction of sp³-hybridized carbons (Fsp3) is 0.250. The van der Waals surface area contributed by atoms with Crippen molar-refractivity contribution >= 4 is 40.7 Å². The molecule has 186 valence electrons. The number of benzene rings is 3. The number of carbonyl (C=O) groups is 3. The molecule has 36 heavy (non-hydrogen) atoms. The zero-order valence-electron chi connectivity index (χ0n) is 20.2. The number of hydrogen-bond acceptors (Lipinski definition) is 4. The van der Waals surface area contributed by atoms with E-state index >= 15 is 0 Å². The van der Waals surface area contributed by atoms with E-state index in [1.165, 1.54) is 0 Å². The van der Waals surface area contributed by atoms with Crippen molar-refractivity contribution in [1.82, 2.24) is 5.32 Å². The van der Waals surface area contributed by atoms with Crippen molar-refractivity contribution in [3.8, 4) is 5.75 Å². The van der Waals surface area contributed by atoms with Crippen LogP contribution < -0.4 is 20.3 Å². The van der Waals surface area contributed by atoms with E-state index in [2.05, 4.69) is 10.6 Å². The molecule has 7 nitrogen and oxygen atoms in total. The molecule has 4 rings (SSSR count). The molecular weight excluding hydrogens is 478 g/mol. The van der Waals surface area contributed by atoms with E-state index in [1.54, 1.807) is 41.3 Å². The molecule has 0 aromatic heterocycles. The summed E-state index contributed by atoms with van der Waals surface area (Å²) in [5.74, 6) is -0.433. The Bertz CT molecular complexity index is 1240. The molecule has 1 fully saturated rings. The van der Waals surface area contributed by atoms with Crippen LogP contribution >= 0.6 is 11.6 Å². The second kappa shape index (κ2) is 11.3. The van der Waals surface area contributed by atoms with Crippen molar-refractivity contribution in [3.05, 3.63) is 88.4 Å². The molecule has 2 N–H and O–H groups in total. The number of anilines is 2. The van der Waals surface area contributed by atoms with Crippen molar-refractivity contribution in [3.63, 3.8) is 0 Å². The maximum Gasteiger partial charge on any atom is 0.262 e. The van der Waals surface area contributed by atoms with E-state index in [1.807, 2.05) is 44.2 Å². The third kappa shape index (κ3) is 6.64. The van der Waals surface area contributed by atoms with Crippen LogP contribution in [-0.4, -0.2) is 30.9 Å². The van der Waals surface area contributed by atoms with Crippen molar-refractivity contribution in [2.24, 2.45) is 5.92 Å². The average Bonchev–Trinajstić information content (AvgIpc) is 3.23. The van der Waals surface area contributed by atoms with Gasteiger partial charge in [-0.2, -0.15) is 0 Å². The molecular formula is C28H28ClN3O4. The Labute approximate surface area is 215 Å². The minimum Gasteiger partial charge on any atom is -0.484 e. The Hall–Kier alpha value is -3.84. The van der Waals surface area contributed by atoms with Gasteiger partial charge in [-0.1, -0.05) is 29.8 Å². The van der Waals surface area contributed by atoms with Gasteiger partial charge in [-0.3, -0.25) is 14.4 Å². The SMILES string of the molecule is Cc1cc(C)cc(NC(=O)COc2ccc(N3C[C@H](C(=O)NCc4ccc(Cl)cc4)CC3=O)cc2)c1. The summed E-state index contributed by atoms with van der Waals surface area (Å²) in [7, 11) is 0. The molecule has 8 heteroatoms. The van der Waals surface area contributed by atoms with Crippen molar-refractivity contribution < 1.29 is 19.1 Å². The third-order valence-electron chi connectivity index (χ3n) is 5.90. The van der Waals surface area contributed by atoms with Gasteiger partial charge in [-0.15, -0.1) is 0 Å². The summed E-state index contributed by atoms with van der Waals surface area (Å²) in [4.78, 5) is 39.0. The van der Waals surface area contributed by atoms with Crippen LogP contribution in [0.5, 0.6) is 5.75 Å². The van der Waals surface area contributed by atoms with Crippen molar-refractivity contribution in [1.29, 1.82) is 0 Å². The molecule has 0 radical (unpaired) electrons. The maximum atomic E-state index is 12.6. The number of halogens is 1. The van der Waals surface area contributed by atoms with Gasteiger partial charge in [0.25, 0.3) is 5.91 Å². The Morgan fingerprint density at radius 3 is 2.33 bits per heavy atom. The smallest absolute Gasteiger partial charge is 0.262 e. The topological polar surface area (TPSA) is 87.7 Å². The molecule has 0 aliphatic carbocycles. The predicted molar refractivity (Wildman–Crippen MR) is 140 cm³/mol. The van der Waals surface area contributed by atoms with E-state index < -0.39 is 5.92 Å². The highest BCUT2D eigenvalue weighted by atomic mass is 35.5. The largest absolute Gasteiger partial charge is 0.484 e. The highest BCUT2D eigenvalue weighted by Gasteiger charge is 2.35. The summed E-state index contributed by atoms with van der Waals surface area (Å²) in [6.07, 6.45) is 0.156. The monoisotopic (exact) mass is 505 g/mol. The van der Waals surface area contributed by atoms with Crippen LogP contribution in [0.3, 0.4) is 0 Å². The molecule has 1 aliphatic rings.